The molecule has 2 aliphatic rings. The van der Waals surface area contributed by atoms with Gasteiger partial charge in [-0.2, -0.15) is 0 Å². The fourth-order valence-electron chi connectivity index (χ4n) is 4.75. The molecule has 1 fully saturated rings. The Hall–Kier alpha value is -3.28. The third-order valence-corrected chi connectivity index (χ3v) is 7.85. The van der Waals surface area contributed by atoms with Crippen molar-refractivity contribution in [1.82, 2.24) is 4.72 Å². The molecule has 36 heavy (non-hydrogen) atoms. The molecule has 0 bridgehead atoms. The summed E-state index contributed by atoms with van der Waals surface area (Å²) >= 11 is 0. The molecule has 190 valence electrons. The molecular weight excluding hydrogens is 497 g/mol. The van der Waals surface area contributed by atoms with Crippen molar-refractivity contribution in [3.05, 3.63) is 78.4 Å². The molecule has 0 spiro atoms. The van der Waals surface area contributed by atoms with Gasteiger partial charge in [0, 0.05) is 11.3 Å². The second-order valence-electron chi connectivity index (χ2n) is 8.64. The number of fused-ring (bicyclic) bond motifs is 2. The standard InChI is InChI=1S/C25H23F3N2O5S/c26-25(27,28)35-17-9-11-18(12-10-17)36(32,33)29-19-13-14-22(24(19)31)30-20-6-2-1-5-16(20)15-34-23-8-4-3-7-21(23)30/h1-12,19,22,24,29,31H,13-15H2/t19?,22?,24-/m0/s1. The maximum Gasteiger partial charge on any atom is 0.573 e. The third-order valence-electron chi connectivity index (χ3n) is 6.34. The van der Waals surface area contributed by atoms with Crippen LogP contribution in [0.3, 0.4) is 0 Å². The highest BCUT2D eigenvalue weighted by molar-refractivity contribution is 7.89. The zero-order valence-corrected chi connectivity index (χ0v) is 19.7. The van der Waals surface area contributed by atoms with Crippen LogP contribution in [-0.2, 0) is 16.6 Å². The van der Waals surface area contributed by atoms with Crippen molar-refractivity contribution in [1.29, 1.82) is 0 Å². The quantitative estimate of drug-likeness (QED) is 0.516. The van der Waals surface area contributed by atoms with Gasteiger partial charge in [-0.25, -0.2) is 13.1 Å². The van der Waals surface area contributed by atoms with Gasteiger partial charge in [-0.1, -0.05) is 30.3 Å². The van der Waals surface area contributed by atoms with E-state index in [2.05, 4.69) is 9.46 Å². The van der Waals surface area contributed by atoms with E-state index >= 15 is 0 Å². The van der Waals surface area contributed by atoms with E-state index in [4.69, 9.17) is 4.74 Å². The van der Waals surface area contributed by atoms with Gasteiger partial charge in [-0.05, 0) is 55.3 Å². The van der Waals surface area contributed by atoms with Crippen LogP contribution in [0.4, 0.5) is 24.5 Å². The summed E-state index contributed by atoms with van der Waals surface area (Å²) in [4.78, 5) is 1.77. The summed E-state index contributed by atoms with van der Waals surface area (Å²) in [6.07, 6.45) is -5.08. The Morgan fingerprint density at radius 1 is 0.944 bits per heavy atom. The molecule has 3 aromatic rings. The first-order valence-electron chi connectivity index (χ1n) is 11.3. The number of halogens is 3. The second-order valence-corrected chi connectivity index (χ2v) is 10.4. The highest BCUT2D eigenvalue weighted by Gasteiger charge is 2.42. The summed E-state index contributed by atoms with van der Waals surface area (Å²) in [5, 5.41) is 11.3. The van der Waals surface area contributed by atoms with E-state index in [0.717, 1.165) is 41.2 Å². The van der Waals surface area contributed by atoms with Crippen LogP contribution in [-0.4, -0.2) is 38.1 Å². The molecule has 1 heterocycles. The van der Waals surface area contributed by atoms with Crippen molar-refractivity contribution in [3.8, 4) is 11.5 Å². The molecule has 5 rings (SSSR count). The van der Waals surface area contributed by atoms with Crippen LogP contribution >= 0.6 is 0 Å². The van der Waals surface area contributed by atoms with Gasteiger partial charge in [0.25, 0.3) is 0 Å². The summed E-state index contributed by atoms with van der Waals surface area (Å²) in [6, 6.07) is 17.8. The minimum absolute atomic E-state index is 0.230. The van der Waals surface area contributed by atoms with Crippen molar-refractivity contribution in [2.24, 2.45) is 0 Å². The van der Waals surface area contributed by atoms with E-state index in [-0.39, 0.29) is 4.90 Å². The molecule has 3 aromatic carbocycles. The lowest BCUT2D eigenvalue weighted by atomic mass is 10.1. The number of nitrogens with zero attached hydrogens (tertiary/aromatic N) is 1. The van der Waals surface area contributed by atoms with Crippen molar-refractivity contribution in [2.75, 3.05) is 4.90 Å². The van der Waals surface area contributed by atoms with Gasteiger partial charge in [0.2, 0.25) is 10.0 Å². The number of hydrogen-bond acceptors (Lipinski definition) is 6. The highest BCUT2D eigenvalue weighted by atomic mass is 32.2. The number of aliphatic hydroxyl groups excluding tert-OH is 1. The Balaban J connectivity index is 1.39. The fourth-order valence-corrected chi connectivity index (χ4v) is 6.03. The highest BCUT2D eigenvalue weighted by Crippen LogP contribution is 2.44. The molecule has 1 saturated carbocycles. The number of sulfonamides is 1. The maximum absolute atomic E-state index is 12.9. The maximum atomic E-state index is 12.9. The minimum Gasteiger partial charge on any atom is -0.487 e. The zero-order valence-electron chi connectivity index (χ0n) is 18.9. The molecule has 0 amide bonds. The van der Waals surface area contributed by atoms with Crippen molar-refractivity contribution >= 4 is 21.4 Å². The van der Waals surface area contributed by atoms with Gasteiger partial charge in [-0.15, -0.1) is 13.2 Å². The van der Waals surface area contributed by atoms with Gasteiger partial charge in [0.05, 0.1) is 28.8 Å². The minimum atomic E-state index is -4.88. The SMILES string of the molecule is O=S(=O)(NC1CCC(N2c3ccccc3COc3ccccc32)[C@H]1O)c1ccc(OC(F)(F)F)cc1. The molecule has 11 heteroatoms. The first-order valence-corrected chi connectivity index (χ1v) is 12.8. The Morgan fingerprint density at radius 2 is 1.61 bits per heavy atom. The van der Waals surface area contributed by atoms with Gasteiger partial charge < -0.3 is 19.5 Å². The number of nitrogens with one attached hydrogen (secondary N) is 1. The number of anilines is 2. The lowest BCUT2D eigenvalue weighted by Gasteiger charge is -2.34. The summed E-state index contributed by atoms with van der Waals surface area (Å²) in [5.41, 5.74) is 2.58. The summed E-state index contributed by atoms with van der Waals surface area (Å²) in [6.45, 7) is 0.358. The van der Waals surface area contributed by atoms with Crippen LogP contribution in [0.2, 0.25) is 0 Å². The third kappa shape index (κ3) is 4.86. The monoisotopic (exact) mass is 520 g/mol. The average molecular weight is 521 g/mol. The Morgan fingerprint density at radius 3 is 2.33 bits per heavy atom. The molecule has 0 aromatic heterocycles. The first-order chi connectivity index (χ1) is 17.1. The van der Waals surface area contributed by atoms with E-state index in [0.29, 0.717) is 25.2 Å². The van der Waals surface area contributed by atoms with Crippen molar-refractivity contribution in [3.63, 3.8) is 0 Å². The van der Waals surface area contributed by atoms with Crippen LogP contribution in [0, 0.1) is 0 Å². The Kier molecular flexibility index (Phi) is 6.31. The van der Waals surface area contributed by atoms with Gasteiger partial charge in [0.15, 0.2) is 0 Å². The number of ether oxygens (including phenoxy) is 2. The molecular formula is C25H23F3N2O5S. The average Bonchev–Trinajstić information content (AvgIpc) is 3.08. The largest absolute Gasteiger partial charge is 0.573 e. The van der Waals surface area contributed by atoms with Crippen LogP contribution in [0.5, 0.6) is 11.5 Å². The van der Waals surface area contributed by atoms with Gasteiger partial charge in [0.1, 0.15) is 18.1 Å². The number of aliphatic hydroxyl groups is 1. The molecule has 0 radical (unpaired) electrons. The Labute approximate surface area is 206 Å². The van der Waals surface area contributed by atoms with E-state index in [1.807, 2.05) is 53.4 Å². The van der Waals surface area contributed by atoms with E-state index < -0.39 is 40.3 Å². The van der Waals surface area contributed by atoms with E-state index in [1.165, 1.54) is 0 Å². The van der Waals surface area contributed by atoms with Gasteiger partial charge in [-0.3, -0.25) is 0 Å². The molecule has 1 aliphatic carbocycles. The molecule has 1 aliphatic heterocycles. The molecule has 3 atom stereocenters. The van der Waals surface area contributed by atoms with Crippen molar-refractivity contribution in [2.45, 2.75) is 48.9 Å². The molecule has 2 unspecified atom stereocenters. The summed E-state index contributed by atoms with van der Waals surface area (Å²) in [5.74, 6) is 0.134. The number of rotatable bonds is 5. The fraction of sp³-hybridized carbons (Fsp3) is 0.280. The summed E-state index contributed by atoms with van der Waals surface area (Å²) < 4.78 is 75.4. The van der Waals surface area contributed by atoms with Crippen molar-refractivity contribution < 1.29 is 36.2 Å². The number of hydrogen-bond donors (Lipinski definition) is 2. The lowest BCUT2D eigenvalue weighted by molar-refractivity contribution is -0.274. The smallest absolute Gasteiger partial charge is 0.487 e. The normalized spacial score (nSPS) is 21.8. The van der Waals surface area contributed by atoms with E-state index in [1.54, 1.807) is 0 Å². The number of para-hydroxylation sites is 3. The molecule has 7 nitrogen and oxygen atoms in total. The zero-order chi connectivity index (χ0) is 25.5. The van der Waals surface area contributed by atoms with Crippen LogP contribution < -0.4 is 19.1 Å². The predicted octanol–water partition coefficient (Wildman–Crippen LogP) is 4.49. The van der Waals surface area contributed by atoms with Crippen LogP contribution in [0.15, 0.2) is 77.7 Å². The Bertz CT molecular complexity index is 1300. The topological polar surface area (TPSA) is 88.1 Å². The molecule has 0 saturated heterocycles. The predicted molar refractivity (Wildman–Crippen MR) is 126 cm³/mol. The molecule has 2 N–H and O–H groups in total. The number of alkyl halides is 3. The second kappa shape index (κ2) is 9.30. The van der Waals surface area contributed by atoms with Crippen LogP contribution in [0.1, 0.15) is 18.4 Å². The van der Waals surface area contributed by atoms with Gasteiger partial charge >= 0.3 is 6.36 Å². The number of benzene rings is 3. The summed E-state index contributed by atoms with van der Waals surface area (Å²) in [7, 11) is -4.11. The van der Waals surface area contributed by atoms with E-state index in [9.17, 15) is 26.7 Å². The lowest BCUT2D eigenvalue weighted by Crippen LogP contribution is -2.47. The van der Waals surface area contributed by atoms with Crippen LogP contribution in [0.25, 0.3) is 0 Å². The first kappa shape index (κ1) is 24.4.